The van der Waals surface area contributed by atoms with Gasteiger partial charge >= 0.3 is 0 Å². The molecule has 0 atom stereocenters. The van der Waals surface area contributed by atoms with Crippen molar-refractivity contribution in [1.29, 1.82) is 0 Å². The van der Waals surface area contributed by atoms with E-state index >= 15 is 0 Å². The van der Waals surface area contributed by atoms with E-state index in [9.17, 15) is 0 Å². The highest BCUT2D eigenvalue weighted by Gasteiger charge is 1.62. The zero-order valence-corrected chi connectivity index (χ0v) is 6.58. The molecular formula is C9H14O. The average Bonchev–Trinajstić information content (AvgIpc) is 1.97. The van der Waals surface area contributed by atoms with Gasteiger partial charge in [0.15, 0.2) is 0 Å². The van der Waals surface area contributed by atoms with Crippen molar-refractivity contribution in [3.63, 3.8) is 0 Å². The summed E-state index contributed by atoms with van der Waals surface area (Å²) in [7, 11) is 1.63. The summed E-state index contributed by atoms with van der Waals surface area (Å²) >= 11 is 0. The van der Waals surface area contributed by atoms with Crippen molar-refractivity contribution in [2.75, 3.05) is 7.11 Å². The fourth-order valence-electron chi connectivity index (χ4n) is 0.467. The Morgan fingerprint density at radius 3 is 2.40 bits per heavy atom. The Morgan fingerprint density at radius 1 is 1.10 bits per heavy atom. The van der Waals surface area contributed by atoms with Gasteiger partial charge in [0.05, 0.1) is 13.4 Å². The SMILES string of the molecule is CC/C=C/C=C/C=C/OC. The molecule has 0 heterocycles. The maximum atomic E-state index is 4.69. The molecule has 0 aliphatic carbocycles. The Morgan fingerprint density at radius 2 is 1.80 bits per heavy atom. The summed E-state index contributed by atoms with van der Waals surface area (Å²) in [5.74, 6) is 0. The van der Waals surface area contributed by atoms with Gasteiger partial charge in [-0.1, -0.05) is 31.2 Å². The second-order valence-corrected chi connectivity index (χ2v) is 1.79. The van der Waals surface area contributed by atoms with Crippen LogP contribution in [-0.4, -0.2) is 7.11 Å². The van der Waals surface area contributed by atoms with E-state index < -0.39 is 0 Å². The molecule has 0 unspecified atom stereocenters. The molecule has 0 rings (SSSR count). The Kier molecular flexibility index (Phi) is 7.23. The van der Waals surface area contributed by atoms with Crippen LogP contribution < -0.4 is 0 Å². The highest BCUT2D eigenvalue weighted by atomic mass is 16.5. The van der Waals surface area contributed by atoms with Crippen molar-refractivity contribution in [2.24, 2.45) is 0 Å². The molecule has 56 valence electrons. The van der Waals surface area contributed by atoms with E-state index in [4.69, 9.17) is 4.74 Å². The summed E-state index contributed by atoms with van der Waals surface area (Å²) in [6.07, 6.45) is 12.6. The van der Waals surface area contributed by atoms with E-state index in [2.05, 4.69) is 13.0 Å². The van der Waals surface area contributed by atoms with Gasteiger partial charge in [0.25, 0.3) is 0 Å². The van der Waals surface area contributed by atoms with Crippen molar-refractivity contribution in [1.82, 2.24) is 0 Å². The summed E-state index contributed by atoms with van der Waals surface area (Å²) in [5.41, 5.74) is 0. The predicted octanol–water partition coefficient (Wildman–Crippen LogP) is 2.67. The highest BCUT2D eigenvalue weighted by molar-refractivity contribution is 5.09. The minimum Gasteiger partial charge on any atom is -0.504 e. The minimum absolute atomic E-state index is 1.08. The zero-order valence-electron chi connectivity index (χ0n) is 6.58. The summed E-state index contributed by atoms with van der Waals surface area (Å²) in [6.45, 7) is 2.11. The van der Waals surface area contributed by atoms with Crippen molar-refractivity contribution < 1.29 is 4.74 Å². The van der Waals surface area contributed by atoms with Gasteiger partial charge < -0.3 is 4.74 Å². The third kappa shape index (κ3) is 7.02. The fraction of sp³-hybridized carbons (Fsp3) is 0.333. The van der Waals surface area contributed by atoms with Crippen LogP contribution in [0.1, 0.15) is 13.3 Å². The van der Waals surface area contributed by atoms with Gasteiger partial charge in [0.2, 0.25) is 0 Å². The molecule has 0 aromatic rings. The molecule has 1 nitrogen and oxygen atoms in total. The third-order valence-corrected chi connectivity index (χ3v) is 0.920. The van der Waals surface area contributed by atoms with Gasteiger partial charge in [-0.05, 0) is 12.5 Å². The number of hydrogen-bond donors (Lipinski definition) is 0. The third-order valence-electron chi connectivity index (χ3n) is 0.920. The first-order valence-corrected chi connectivity index (χ1v) is 3.43. The molecule has 0 saturated heterocycles. The number of methoxy groups -OCH3 is 1. The summed E-state index contributed by atoms with van der Waals surface area (Å²) in [4.78, 5) is 0. The van der Waals surface area contributed by atoms with Crippen molar-refractivity contribution in [3.05, 3.63) is 36.6 Å². The molecule has 1 heteroatoms. The molecule has 0 N–H and O–H groups in total. The summed E-state index contributed by atoms with van der Waals surface area (Å²) in [5, 5.41) is 0. The van der Waals surface area contributed by atoms with Crippen LogP contribution in [0.2, 0.25) is 0 Å². The molecule has 0 aliphatic heterocycles. The van der Waals surface area contributed by atoms with Crippen LogP contribution in [-0.2, 0) is 4.74 Å². The van der Waals surface area contributed by atoms with E-state index in [1.165, 1.54) is 0 Å². The number of ether oxygens (including phenoxy) is 1. The molecule has 0 aromatic heterocycles. The summed E-state index contributed by atoms with van der Waals surface area (Å²) < 4.78 is 4.69. The first-order chi connectivity index (χ1) is 4.91. The maximum Gasteiger partial charge on any atom is 0.0824 e. The van der Waals surface area contributed by atoms with Gasteiger partial charge in [-0.25, -0.2) is 0 Å². The molecule has 0 amide bonds. The van der Waals surface area contributed by atoms with Crippen LogP contribution in [0.3, 0.4) is 0 Å². The van der Waals surface area contributed by atoms with E-state index in [1.54, 1.807) is 13.4 Å². The topological polar surface area (TPSA) is 9.23 Å². The second-order valence-electron chi connectivity index (χ2n) is 1.79. The van der Waals surface area contributed by atoms with Crippen LogP contribution in [0.25, 0.3) is 0 Å². The largest absolute Gasteiger partial charge is 0.504 e. The van der Waals surface area contributed by atoms with Gasteiger partial charge in [-0.3, -0.25) is 0 Å². The Hall–Kier alpha value is -0.980. The lowest BCUT2D eigenvalue weighted by Gasteiger charge is -1.79. The Balaban J connectivity index is 3.37. The van der Waals surface area contributed by atoms with E-state index in [0.717, 1.165) is 6.42 Å². The predicted molar refractivity (Wildman–Crippen MR) is 44.7 cm³/mol. The lowest BCUT2D eigenvalue weighted by atomic mass is 10.4. The van der Waals surface area contributed by atoms with Crippen LogP contribution in [0.4, 0.5) is 0 Å². The van der Waals surface area contributed by atoms with Crippen molar-refractivity contribution >= 4 is 0 Å². The molecular weight excluding hydrogens is 124 g/mol. The van der Waals surface area contributed by atoms with Gasteiger partial charge in [-0.2, -0.15) is 0 Å². The smallest absolute Gasteiger partial charge is 0.0824 e. The van der Waals surface area contributed by atoms with Crippen molar-refractivity contribution in [3.8, 4) is 0 Å². The van der Waals surface area contributed by atoms with Crippen LogP contribution in [0.5, 0.6) is 0 Å². The second kappa shape index (κ2) is 8.02. The zero-order chi connectivity index (χ0) is 7.66. The minimum atomic E-state index is 1.08. The van der Waals surface area contributed by atoms with Crippen LogP contribution >= 0.6 is 0 Å². The van der Waals surface area contributed by atoms with Gasteiger partial charge in [0, 0.05) is 0 Å². The molecule has 0 aromatic carbocycles. The standard InChI is InChI=1S/C9H14O/c1-3-4-5-6-7-8-9-10-2/h4-9H,3H2,1-2H3/b5-4+,7-6+,9-8+. The number of hydrogen-bond acceptors (Lipinski definition) is 1. The first kappa shape index (κ1) is 9.02. The Bertz CT molecular complexity index is 116. The van der Waals surface area contributed by atoms with E-state index in [0.29, 0.717) is 0 Å². The highest BCUT2D eigenvalue weighted by Crippen LogP contribution is 1.82. The molecule has 0 radical (unpaired) electrons. The van der Waals surface area contributed by atoms with Crippen molar-refractivity contribution in [2.45, 2.75) is 13.3 Å². The molecule has 0 aliphatic rings. The fourth-order valence-corrected chi connectivity index (χ4v) is 0.467. The molecule has 0 saturated carbocycles. The maximum absolute atomic E-state index is 4.69. The lowest BCUT2D eigenvalue weighted by molar-refractivity contribution is 0.338. The Labute approximate surface area is 62.7 Å². The number of rotatable bonds is 4. The molecule has 0 spiro atoms. The molecule has 10 heavy (non-hydrogen) atoms. The lowest BCUT2D eigenvalue weighted by Crippen LogP contribution is -1.60. The quantitative estimate of drug-likeness (QED) is 0.428. The van der Waals surface area contributed by atoms with Gasteiger partial charge in [-0.15, -0.1) is 0 Å². The summed E-state index contributed by atoms with van der Waals surface area (Å²) in [6, 6.07) is 0. The first-order valence-electron chi connectivity index (χ1n) is 3.43. The monoisotopic (exact) mass is 138 g/mol. The van der Waals surface area contributed by atoms with E-state index in [1.807, 2.05) is 24.3 Å². The normalized spacial score (nSPS) is 12.2. The molecule has 0 bridgehead atoms. The van der Waals surface area contributed by atoms with E-state index in [-0.39, 0.29) is 0 Å². The van der Waals surface area contributed by atoms with Gasteiger partial charge in [0.1, 0.15) is 0 Å². The number of allylic oxidation sites excluding steroid dienone is 5. The molecule has 0 fully saturated rings. The average molecular weight is 138 g/mol. The van der Waals surface area contributed by atoms with Crippen LogP contribution in [0, 0.1) is 0 Å². The van der Waals surface area contributed by atoms with Crippen LogP contribution in [0.15, 0.2) is 36.6 Å².